The summed E-state index contributed by atoms with van der Waals surface area (Å²) >= 11 is 3.50. The van der Waals surface area contributed by atoms with Crippen molar-refractivity contribution in [2.75, 3.05) is 11.1 Å². The molecular formula is C20H15BrN4O. The predicted octanol–water partition coefficient (Wildman–Crippen LogP) is 5.51. The van der Waals surface area contributed by atoms with Crippen LogP contribution in [-0.2, 0) is 0 Å². The molecule has 1 heterocycles. The van der Waals surface area contributed by atoms with Gasteiger partial charge >= 0.3 is 0 Å². The number of nitrogen functional groups attached to an aromatic ring is 1. The van der Waals surface area contributed by atoms with E-state index >= 15 is 0 Å². The SMILES string of the molecule is Nc1c(Nc2ccccc2Br)ncnc1Oc1cccc2ccccc12. The Balaban J connectivity index is 1.69. The summed E-state index contributed by atoms with van der Waals surface area (Å²) in [5, 5.41) is 5.28. The van der Waals surface area contributed by atoms with E-state index in [1.165, 1.54) is 6.33 Å². The van der Waals surface area contributed by atoms with Crippen LogP contribution in [0.3, 0.4) is 0 Å². The van der Waals surface area contributed by atoms with Gasteiger partial charge in [-0.1, -0.05) is 48.5 Å². The van der Waals surface area contributed by atoms with E-state index < -0.39 is 0 Å². The molecule has 0 saturated heterocycles. The number of aromatic nitrogens is 2. The van der Waals surface area contributed by atoms with Gasteiger partial charge in [-0.2, -0.15) is 4.98 Å². The zero-order valence-electron chi connectivity index (χ0n) is 13.7. The Morgan fingerprint density at radius 1 is 0.885 bits per heavy atom. The molecule has 0 spiro atoms. The molecule has 1 aromatic heterocycles. The number of nitrogens with two attached hydrogens (primary N) is 1. The fraction of sp³-hybridized carbons (Fsp3) is 0. The molecule has 0 bridgehead atoms. The van der Waals surface area contributed by atoms with Crippen molar-refractivity contribution in [2.45, 2.75) is 0 Å². The molecule has 0 atom stereocenters. The fourth-order valence-corrected chi connectivity index (χ4v) is 3.02. The highest BCUT2D eigenvalue weighted by Crippen LogP contribution is 2.35. The molecular weight excluding hydrogens is 392 g/mol. The summed E-state index contributed by atoms with van der Waals surface area (Å²) in [6, 6.07) is 21.6. The normalized spacial score (nSPS) is 10.7. The van der Waals surface area contributed by atoms with Crippen molar-refractivity contribution in [1.29, 1.82) is 0 Å². The van der Waals surface area contributed by atoms with Gasteiger partial charge in [-0.05, 0) is 39.5 Å². The number of rotatable bonds is 4. The number of para-hydroxylation sites is 1. The fourth-order valence-electron chi connectivity index (χ4n) is 2.64. The molecule has 0 radical (unpaired) electrons. The second-order valence-electron chi connectivity index (χ2n) is 5.63. The van der Waals surface area contributed by atoms with Crippen LogP contribution in [0.15, 0.2) is 77.5 Å². The Hall–Kier alpha value is -3.12. The number of nitrogens with zero attached hydrogens (tertiary/aromatic N) is 2. The number of anilines is 3. The van der Waals surface area contributed by atoms with Gasteiger partial charge in [-0.3, -0.25) is 0 Å². The van der Waals surface area contributed by atoms with E-state index in [1.807, 2.05) is 66.7 Å². The summed E-state index contributed by atoms with van der Waals surface area (Å²) in [6.07, 6.45) is 1.43. The van der Waals surface area contributed by atoms with Crippen LogP contribution < -0.4 is 15.8 Å². The molecule has 5 nitrogen and oxygen atoms in total. The van der Waals surface area contributed by atoms with E-state index in [2.05, 4.69) is 31.2 Å². The third-order valence-corrected chi connectivity index (χ3v) is 4.62. The largest absolute Gasteiger partial charge is 0.436 e. The van der Waals surface area contributed by atoms with Crippen molar-refractivity contribution in [2.24, 2.45) is 0 Å². The first-order valence-electron chi connectivity index (χ1n) is 8.00. The lowest BCUT2D eigenvalue weighted by Crippen LogP contribution is -2.03. The minimum Gasteiger partial charge on any atom is -0.436 e. The van der Waals surface area contributed by atoms with Crippen LogP contribution >= 0.6 is 15.9 Å². The molecule has 3 aromatic carbocycles. The zero-order chi connectivity index (χ0) is 17.9. The topological polar surface area (TPSA) is 73.1 Å². The van der Waals surface area contributed by atoms with Crippen molar-refractivity contribution in [1.82, 2.24) is 9.97 Å². The van der Waals surface area contributed by atoms with Gasteiger partial charge in [0.15, 0.2) is 5.82 Å². The average Bonchev–Trinajstić information content (AvgIpc) is 2.67. The Morgan fingerprint density at radius 3 is 2.54 bits per heavy atom. The lowest BCUT2D eigenvalue weighted by molar-refractivity contribution is 0.470. The minimum atomic E-state index is 0.311. The number of hydrogen-bond acceptors (Lipinski definition) is 5. The summed E-state index contributed by atoms with van der Waals surface area (Å²) in [7, 11) is 0. The number of benzene rings is 3. The van der Waals surface area contributed by atoms with E-state index in [0.717, 1.165) is 20.9 Å². The van der Waals surface area contributed by atoms with Gasteiger partial charge < -0.3 is 15.8 Å². The first-order valence-corrected chi connectivity index (χ1v) is 8.79. The van der Waals surface area contributed by atoms with Crippen molar-refractivity contribution in [3.63, 3.8) is 0 Å². The Bertz CT molecular complexity index is 1080. The Labute approximate surface area is 159 Å². The summed E-state index contributed by atoms with van der Waals surface area (Å²) in [5.74, 6) is 1.49. The zero-order valence-corrected chi connectivity index (χ0v) is 15.3. The highest BCUT2D eigenvalue weighted by Gasteiger charge is 2.13. The van der Waals surface area contributed by atoms with Crippen LogP contribution in [-0.4, -0.2) is 9.97 Å². The first kappa shape index (κ1) is 16.4. The van der Waals surface area contributed by atoms with Gasteiger partial charge in [0.2, 0.25) is 5.88 Å². The molecule has 0 saturated carbocycles. The maximum absolute atomic E-state index is 6.25. The molecule has 3 N–H and O–H groups in total. The smallest absolute Gasteiger partial charge is 0.248 e. The van der Waals surface area contributed by atoms with Gasteiger partial charge in [-0.25, -0.2) is 4.98 Å². The molecule has 0 aliphatic heterocycles. The van der Waals surface area contributed by atoms with E-state index in [-0.39, 0.29) is 0 Å². The summed E-state index contributed by atoms with van der Waals surface area (Å²) in [4.78, 5) is 8.43. The average molecular weight is 407 g/mol. The van der Waals surface area contributed by atoms with Crippen LogP contribution in [0.5, 0.6) is 11.6 Å². The molecule has 4 aromatic rings. The van der Waals surface area contributed by atoms with Crippen molar-refractivity contribution < 1.29 is 4.74 Å². The third kappa shape index (κ3) is 3.19. The summed E-state index contributed by atoms with van der Waals surface area (Å²) < 4.78 is 6.91. The molecule has 128 valence electrons. The van der Waals surface area contributed by atoms with Gasteiger partial charge in [0, 0.05) is 9.86 Å². The van der Waals surface area contributed by atoms with Crippen LogP contribution in [0.4, 0.5) is 17.2 Å². The second-order valence-corrected chi connectivity index (χ2v) is 6.48. The number of halogens is 1. The quantitative estimate of drug-likeness (QED) is 0.467. The lowest BCUT2D eigenvalue weighted by atomic mass is 10.1. The maximum Gasteiger partial charge on any atom is 0.248 e. The Kier molecular flexibility index (Phi) is 4.41. The molecule has 0 amide bonds. The third-order valence-electron chi connectivity index (χ3n) is 3.93. The van der Waals surface area contributed by atoms with E-state index in [1.54, 1.807) is 0 Å². The standard InChI is InChI=1S/C20H15BrN4O/c21-15-9-3-4-10-16(15)25-19-18(22)20(24-12-23-19)26-17-11-5-7-13-6-1-2-8-14(13)17/h1-12H,22H2,(H,23,24,25). The highest BCUT2D eigenvalue weighted by atomic mass is 79.9. The molecule has 0 fully saturated rings. The first-order chi connectivity index (χ1) is 12.7. The van der Waals surface area contributed by atoms with Crippen molar-refractivity contribution >= 4 is 43.9 Å². The molecule has 26 heavy (non-hydrogen) atoms. The summed E-state index contributed by atoms with van der Waals surface area (Å²) in [5.41, 5.74) is 7.44. The second kappa shape index (κ2) is 7.01. The lowest BCUT2D eigenvalue weighted by Gasteiger charge is -2.13. The molecule has 0 aliphatic carbocycles. The molecule has 6 heteroatoms. The number of hydrogen-bond donors (Lipinski definition) is 2. The van der Waals surface area contributed by atoms with Gasteiger partial charge in [0.05, 0.1) is 5.69 Å². The van der Waals surface area contributed by atoms with Crippen LogP contribution in [0.2, 0.25) is 0 Å². The minimum absolute atomic E-state index is 0.311. The monoisotopic (exact) mass is 406 g/mol. The number of fused-ring (bicyclic) bond motifs is 1. The van der Waals surface area contributed by atoms with Crippen molar-refractivity contribution in [3.05, 3.63) is 77.5 Å². The van der Waals surface area contributed by atoms with E-state index in [4.69, 9.17) is 10.5 Å². The Morgan fingerprint density at radius 2 is 1.65 bits per heavy atom. The van der Waals surface area contributed by atoms with Gasteiger partial charge in [0.25, 0.3) is 0 Å². The van der Waals surface area contributed by atoms with Crippen LogP contribution in [0.25, 0.3) is 10.8 Å². The van der Waals surface area contributed by atoms with Crippen LogP contribution in [0.1, 0.15) is 0 Å². The predicted molar refractivity (Wildman–Crippen MR) is 108 cm³/mol. The van der Waals surface area contributed by atoms with E-state index in [9.17, 15) is 0 Å². The molecule has 0 unspecified atom stereocenters. The number of nitrogens with one attached hydrogen (secondary N) is 1. The maximum atomic E-state index is 6.25. The van der Waals surface area contributed by atoms with Gasteiger partial charge in [0.1, 0.15) is 17.8 Å². The molecule has 4 rings (SSSR count). The highest BCUT2D eigenvalue weighted by molar-refractivity contribution is 9.10. The summed E-state index contributed by atoms with van der Waals surface area (Å²) in [6.45, 7) is 0. The molecule has 0 aliphatic rings. The number of ether oxygens (including phenoxy) is 1. The van der Waals surface area contributed by atoms with Gasteiger partial charge in [-0.15, -0.1) is 0 Å². The van der Waals surface area contributed by atoms with E-state index in [0.29, 0.717) is 23.1 Å². The van der Waals surface area contributed by atoms with Crippen molar-refractivity contribution in [3.8, 4) is 11.6 Å². The van der Waals surface area contributed by atoms with Crippen LogP contribution in [0, 0.1) is 0 Å².